The van der Waals surface area contributed by atoms with Gasteiger partial charge in [-0.3, -0.25) is 0 Å². The summed E-state index contributed by atoms with van der Waals surface area (Å²) in [7, 11) is 0. The van der Waals surface area contributed by atoms with Gasteiger partial charge in [-0.2, -0.15) is 0 Å². The summed E-state index contributed by atoms with van der Waals surface area (Å²) in [5, 5.41) is 2.25. The monoisotopic (exact) mass is 299 g/mol. The van der Waals surface area contributed by atoms with Gasteiger partial charge in [-0.25, -0.2) is 24.9 Å². The van der Waals surface area contributed by atoms with Crippen molar-refractivity contribution >= 4 is 23.5 Å². The van der Waals surface area contributed by atoms with E-state index in [9.17, 15) is 0 Å². The summed E-state index contributed by atoms with van der Waals surface area (Å²) in [6.07, 6.45) is 8.67. The Morgan fingerprint density at radius 3 is 1.80 bits per heavy atom. The Bertz CT molecular complexity index is 601. The van der Waals surface area contributed by atoms with Crippen molar-refractivity contribution in [1.29, 1.82) is 0 Å². The Kier molecular flexibility index (Phi) is 4.19. The first-order chi connectivity index (χ1) is 9.90. The van der Waals surface area contributed by atoms with Crippen LogP contribution in [0.25, 0.3) is 0 Å². The lowest BCUT2D eigenvalue weighted by atomic mass is 10.5. The van der Waals surface area contributed by atoms with Crippen LogP contribution in [0.15, 0.2) is 75.5 Å². The number of aromatic nitrogens is 5. The first kappa shape index (κ1) is 13.0. The SMILES string of the molecule is c1cnc(Sc2ccc(Sc3ncccn3)nc2)nc1. The fourth-order valence-corrected chi connectivity index (χ4v) is 2.70. The number of hydrogen-bond donors (Lipinski definition) is 0. The highest BCUT2D eigenvalue weighted by Gasteiger charge is 2.03. The standard InChI is InChI=1S/C13H9N5S2/c1-5-14-12(15-6-1)19-10-3-4-11(18-9-10)20-13-16-7-2-8-17-13/h1-9H. The number of pyridine rings is 1. The molecule has 0 radical (unpaired) electrons. The molecule has 0 saturated carbocycles. The Morgan fingerprint density at radius 2 is 1.25 bits per heavy atom. The molecule has 0 spiro atoms. The minimum atomic E-state index is 0.687. The lowest BCUT2D eigenvalue weighted by Gasteiger charge is -2.01. The molecule has 0 fully saturated rings. The van der Waals surface area contributed by atoms with E-state index in [1.165, 1.54) is 23.5 Å². The van der Waals surface area contributed by atoms with Crippen LogP contribution in [0.1, 0.15) is 0 Å². The van der Waals surface area contributed by atoms with E-state index in [1.807, 2.05) is 12.1 Å². The molecular weight excluding hydrogens is 290 g/mol. The fourth-order valence-electron chi connectivity index (χ4n) is 1.36. The molecule has 0 aliphatic heterocycles. The molecule has 0 N–H and O–H groups in total. The highest BCUT2D eigenvalue weighted by molar-refractivity contribution is 7.99. The zero-order chi connectivity index (χ0) is 13.6. The molecule has 5 nitrogen and oxygen atoms in total. The van der Waals surface area contributed by atoms with E-state index in [4.69, 9.17) is 0 Å². The summed E-state index contributed by atoms with van der Waals surface area (Å²) in [6.45, 7) is 0. The van der Waals surface area contributed by atoms with Crippen molar-refractivity contribution in [2.24, 2.45) is 0 Å². The molecule has 98 valence electrons. The van der Waals surface area contributed by atoms with Crippen molar-refractivity contribution in [2.45, 2.75) is 20.2 Å². The van der Waals surface area contributed by atoms with Crippen molar-refractivity contribution in [2.75, 3.05) is 0 Å². The summed E-state index contributed by atoms with van der Waals surface area (Å²) in [4.78, 5) is 22.0. The van der Waals surface area contributed by atoms with Gasteiger partial charge in [0.1, 0.15) is 5.03 Å². The second-order valence-corrected chi connectivity index (χ2v) is 5.63. The van der Waals surface area contributed by atoms with Gasteiger partial charge in [0.2, 0.25) is 0 Å². The van der Waals surface area contributed by atoms with E-state index in [0.29, 0.717) is 10.3 Å². The van der Waals surface area contributed by atoms with Crippen LogP contribution in [-0.4, -0.2) is 24.9 Å². The van der Waals surface area contributed by atoms with Gasteiger partial charge in [0, 0.05) is 35.9 Å². The van der Waals surface area contributed by atoms with Gasteiger partial charge in [-0.15, -0.1) is 0 Å². The highest BCUT2D eigenvalue weighted by Crippen LogP contribution is 2.27. The lowest BCUT2D eigenvalue weighted by Crippen LogP contribution is -1.87. The molecular formula is C13H9N5S2. The minimum Gasteiger partial charge on any atom is -0.248 e. The van der Waals surface area contributed by atoms with Crippen molar-refractivity contribution in [3.05, 3.63) is 55.2 Å². The molecule has 7 heteroatoms. The third kappa shape index (κ3) is 3.52. The molecule has 3 aromatic rings. The average molecular weight is 299 g/mol. The maximum absolute atomic E-state index is 4.38. The van der Waals surface area contributed by atoms with Crippen LogP contribution in [0.3, 0.4) is 0 Å². The van der Waals surface area contributed by atoms with Crippen molar-refractivity contribution < 1.29 is 0 Å². The molecule has 3 heterocycles. The predicted molar refractivity (Wildman–Crippen MR) is 76.5 cm³/mol. The third-order valence-corrected chi connectivity index (χ3v) is 3.91. The van der Waals surface area contributed by atoms with E-state index in [1.54, 1.807) is 43.1 Å². The summed E-state index contributed by atoms with van der Waals surface area (Å²) < 4.78 is 0. The molecule has 20 heavy (non-hydrogen) atoms. The van der Waals surface area contributed by atoms with Crippen LogP contribution in [-0.2, 0) is 0 Å². The maximum Gasteiger partial charge on any atom is 0.193 e. The molecule has 0 unspecified atom stereocenters. The summed E-state index contributed by atoms with van der Waals surface area (Å²) >= 11 is 2.91. The van der Waals surface area contributed by atoms with E-state index in [-0.39, 0.29) is 0 Å². The smallest absolute Gasteiger partial charge is 0.193 e. The van der Waals surface area contributed by atoms with E-state index < -0.39 is 0 Å². The molecule has 3 rings (SSSR count). The van der Waals surface area contributed by atoms with Crippen LogP contribution in [0.5, 0.6) is 0 Å². The summed E-state index contributed by atoms with van der Waals surface area (Å²) in [6, 6.07) is 7.50. The van der Waals surface area contributed by atoms with Crippen LogP contribution in [0.4, 0.5) is 0 Å². The Balaban J connectivity index is 1.69. The van der Waals surface area contributed by atoms with Crippen molar-refractivity contribution in [1.82, 2.24) is 24.9 Å². The van der Waals surface area contributed by atoms with Gasteiger partial charge < -0.3 is 0 Å². The molecule has 0 bridgehead atoms. The second kappa shape index (κ2) is 6.44. The van der Waals surface area contributed by atoms with Crippen LogP contribution in [0, 0.1) is 0 Å². The zero-order valence-corrected chi connectivity index (χ0v) is 11.9. The highest BCUT2D eigenvalue weighted by atomic mass is 32.2. The van der Waals surface area contributed by atoms with E-state index in [2.05, 4.69) is 24.9 Å². The topological polar surface area (TPSA) is 64.5 Å². The minimum absolute atomic E-state index is 0.687. The molecule has 3 aromatic heterocycles. The Morgan fingerprint density at radius 1 is 0.650 bits per heavy atom. The summed E-state index contributed by atoms with van der Waals surface area (Å²) in [5.41, 5.74) is 0. The predicted octanol–water partition coefficient (Wildman–Crippen LogP) is 2.96. The largest absolute Gasteiger partial charge is 0.248 e. The van der Waals surface area contributed by atoms with E-state index >= 15 is 0 Å². The Labute approximate surface area is 124 Å². The van der Waals surface area contributed by atoms with Gasteiger partial charge >= 0.3 is 0 Å². The van der Waals surface area contributed by atoms with Gasteiger partial charge in [-0.05, 0) is 47.8 Å². The quantitative estimate of drug-likeness (QED) is 0.686. The normalized spacial score (nSPS) is 10.4. The van der Waals surface area contributed by atoms with Gasteiger partial charge in [0.25, 0.3) is 0 Å². The number of rotatable bonds is 4. The molecule has 0 aliphatic carbocycles. The first-order valence-electron chi connectivity index (χ1n) is 5.76. The van der Waals surface area contributed by atoms with Crippen LogP contribution in [0.2, 0.25) is 0 Å². The molecule has 0 aromatic carbocycles. The molecule has 0 atom stereocenters. The van der Waals surface area contributed by atoms with Gasteiger partial charge in [-0.1, -0.05) is 0 Å². The number of nitrogens with zero attached hydrogens (tertiary/aromatic N) is 5. The van der Waals surface area contributed by atoms with Crippen molar-refractivity contribution in [3.63, 3.8) is 0 Å². The average Bonchev–Trinajstić information content (AvgIpc) is 2.51. The first-order valence-corrected chi connectivity index (χ1v) is 7.39. The van der Waals surface area contributed by atoms with Gasteiger partial charge in [0.15, 0.2) is 10.3 Å². The van der Waals surface area contributed by atoms with Crippen LogP contribution < -0.4 is 0 Å². The zero-order valence-electron chi connectivity index (χ0n) is 10.2. The number of hydrogen-bond acceptors (Lipinski definition) is 7. The van der Waals surface area contributed by atoms with Crippen LogP contribution >= 0.6 is 23.5 Å². The maximum atomic E-state index is 4.38. The summed E-state index contributed by atoms with van der Waals surface area (Å²) in [5.74, 6) is 0. The molecule has 0 saturated heterocycles. The molecule has 0 amide bonds. The Hall–Kier alpha value is -1.99. The van der Waals surface area contributed by atoms with Crippen molar-refractivity contribution in [3.8, 4) is 0 Å². The third-order valence-electron chi connectivity index (χ3n) is 2.20. The molecule has 0 aliphatic rings. The van der Waals surface area contributed by atoms with E-state index in [0.717, 1.165) is 9.92 Å². The fraction of sp³-hybridized carbons (Fsp3) is 0. The van der Waals surface area contributed by atoms with Gasteiger partial charge in [0.05, 0.1) is 0 Å². The lowest BCUT2D eigenvalue weighted by molar-refractivity contribution is 0.954. The second-order valence-electron chi connectivity index (χ2n) is 3.60.